The molecule has 1 aliphatic carbocycles. The number of hydrogen-bond donors (Lipinski definition) is 3. The second-order valence-electron chi connectivity index (χ2n) is 4.31. The first-order valence-electron chi connectivity index (χ1n) is 5.95. The third kappa shape index (κ3) is 4.08. The number of aliphatic hydroxyl groups is 1. The molecule has 0 aromatic carbocycles. The van der Waals surface area contributed by atoms with Gasteiger partial charge in [-0.3, -0.25) is 4.79 Å². The molecule has 16 heavy (non-hydrogen) atoms. The van der Waals surface area contributed by atoms with E-state index >= 15 is 0 Å². The molecule has 5 nitrogen and oxygen atoms in total. The van der Waals surface area contributed by atoms with Crippen molar-refractivity contribution in [2.24, 2.45) is 5.73 Å². The number of nitrogens with one attached hydrogen (secondary N) is 1. The van der Waals surface area contributed by atoms with E-state index in [1.165, 1.54) is 6.42 Å². The van der Waals surface area contributed by atoms with Gasteiger partial charge in [0.25, 0.3) is 0 Å². The van der Waals surface area contributed by atoms with Crippen LogP contribution in [0.5, 0.6) is 0 Å². The van der Waals surface area contributed by atoms with Crippen LogP contribution >= 0.6 is 0 Å². The number of ether oxygens (including phenoxy) is 1. The van der Waals surface area contributed by atoms with Crippen LogP contribution in [-0.4, -0.2) is 42.9 Å². The molecule has 0 spiro atoms. The smallest absolute Gasteiger partial charge is 0.240 e. The fraction of sp³-hybridized carbons (Fsp3) is 0.909. The molecule has 1 amide bonds. The second kappa shape index (κ2) is 6.83. The van der Waals surface area contributed by atoms with Crippen LogP contribution in [0.4, 0.5) is 0 Å². The highest BCUT2D eigenvalue weighted by molar-refractivity contribution is 5.86. The molecule has 1 rings (SSSR count). The van der Waals surface area contributed by atoms with Gasteiger partial charge < -0.3 is 20.9 Å². The summed E-state index contributed by atoms with van der Waals surface area (Å²) < 4.78 is 5.05. The molecule has 1 fully saturated rings. The normalized spacial score (nSPS) is 19.4. The summed E-state index contributed by atoms with van der Waals surface area (Å²) >= 11 is 0. The van der Waals surface area contributed by atoms with E-state index in [1.807, 2.05) is 0 Å². The zero-order chi connectivity index (χ0) is 11.9. The fourth-order valence-corrected chi connectivity index (χ4v) is 1.99. The molecule has 5 heteroatoms. The van der Waals surface area contributed by atoms with Gasteiger partial charge in [0.2, 0.25) is 5.91 Å². The molecule has 0 aliphatic heterocycles. The van der Waals surface area contributed by atoms with Crippen LogP contribution in [0.25, 0.3) is 0 Å². The highest BCUT2D eigenvalue weighted by Gasteiger charge is 2.34. The van der Waals surface area contributed by atoms with Gasteiger partial charge in [0.15, 0.2) is 0 Å². The van der Waals surface area contributed by atoms with E-state index in [0.717, 1.165) is 25.7 Å². The van der Waals surface area contributed by atoms with Crippen molar-refractivity contribution in [2.45, 2.75) is 37.6 Å². The van der Waals surface area contributed by atoms with E-state index < -0.39 is 5.54 Å². The van der Waals surface area contributed by atoms with Crippen LogP contribution in [-0.2, 0) is 9.53 Å². The molecule has 0 aromatic heterocycles. The highest BCUT2D eigenvalue weighted by atomic mass is 16.5. The van der Waals surface area contributed by atoms with E-state index in [9.17, 15) is 4.79 Å². The summed E-state index contributed by atoms with van der Waals surface area (Å²) in [6.07, 6.45) is 4.79. The molecule has 0 heterocycles. The molecule has 4 N–H and O–H groups in total. The standard InChI is InChI=1S/C11H22N2O3/c12-11(4-2-1-3-5-11)10(15)13-6-8-16-9-7-14/h14H,1-9,12H2,(H,13,15). The average Bonchev–Trinajstić information content (AvgIpc) is 2.29. The zero-order valence-corrected chi connectivity index (χ0v) is 9.71. The van der Waals surface area contributed by atoms with Gasteiger partial charge in [0, 0.05) is 6.54 Å². The Morgan fingerprint density at radius 2 is 2.00 bits per heavy atom. The van der Waals surface area contributed by atoms with Gasteiger partial charge in [-0.15, -0.1) is 0 Å². The molecule has 0 bridgehead atoms. The Labute approximate surface area is 96.3 Å². The maximum Gasteiger partial charge on any atom is 0.240 e. The Balaban J connectivity index is 2.18. The van der Waals surface area contributed by atoms with E-state index in [4.69, 9.17) is 15.6 Å². The number of hydrogen-bond acceptors (Lipinski definition) is 4. The van der Waals surface area contributed by atoms with E-state index in [-0.39, 0.29) is 12.5 Å². The molecule has 0 unspecified atom stereocenters. The highest BCUT2D eigenvalue weighted by Crippen LogP contribution is 2.25. The van der Waals surface area contributed by atoms with Crippen molar-refractivity contribution < 1.29 is 14.6 Å². The predicted molar refractivity (Wildman–Crippen MR) is 60.9 cm³/mol. The maximum absolute atomic E-state index is 11.8. The summed E-state index contributed by atoms with van der Waals surface area (Å²) in [7, 11) is 0. The van der Waals surface area contributed by atoms with Gasteiger partial charge in [0.05, 0.1) is 25.4 Å². The van der Waals surface area contributed by atoms with Gasteiger partial charge in [-0.25, -0.2) is 0 Å². The molecule has 1 saturated carbocycles. The molecular formula is C11H22N2O3. The third-order valence-electron chi connectivity index (χ3n) is 2.97. The Hall–Kier alpha value is -0.650. The topological polar surface area (TPSA) is 84.6 Å². The lowest BCUT2D eigenvalue weighted by Crippen LogP contribution is -2.55. The number of amides is 1. The van der Waals surface area contributed by atoms with Gasteiger partial charge in [-0.05, 0) is 12.8 Å². The summed E-state index contributed by atoms with van der Waals surface area (Å²) in [5.74, 6) is -0.0696. The zero-order valence-electron chi connectivity index (χ0n) is 9.71. The molecule has 0 atom stereocenters. The number of aliphatic hydroxyl groups excluding tert-OH is 1. The first-order chi connectivity index (χ1) is 7.69. The van der Waals surface area contributed by atoms with Crippen molar-refractivity contribution >= 4 is 5.91 Å². The summed E-state index contributed by atoms with van der Waals surface area (Å²) in [5.41, 5.74) is 5.38. The third-order valence-corrected chi connectivity index (χ3v) is 2.97. The van der Waals surface area contributed by atoms with Crippen molar-refractivity contribution in [2.75, 3.05) is 26.4 Å². The summed E-state index contributed by atoms with van der Waals surface area (Å²) in [6, 6.07) is 0. The number of carbonyl (C=O) groups is 1. The minimum absolute atomic E-state index is 0.00870. The average molecular weight is 230 g/mol. The fourth-order valence-electron chi connectivity index (χ4n) is 1.99. The molecular weight excluding hydrogens is 208 g/mol. The number of nitrogens with two attached hydrogens (primary N) is 1. The first-order valence-corrected chi connectivity index (χ1v) is 5.95. The van der Waals surface area contributed by atoms with Crippen molar-refractivity contribution in [1.29, 1.82) is 0 Å². The van der Waals surface area contributed by atoms with Crippen LogP contribution in [0.15, 0.2) is 0 Å². The minimum atomic E-state index is -0.671. The lowest BCUT2D eigenvalue weighted by atomic mass is 9.82. The minimum Gasteiger partial charge on any atom is -0.394 e. The number of rotatable bonds is 6. The Morgan fingerprint density at radius 3 is 2.62 bits per heavy atom. The van der Waals surface area contributed by atoms with Crippen molar-refractivity contribution in [1.82, 2.24) is 5.32 Å². The van der Waals surface area contributed by atoms with Crippen LogP contribution < -0.4 is 11.1 Å². The molecule has 1 aliphatic rings. The van der Waals surface area contributed by atoms with Gasteiger partial charge in [0.1, 0.15) is 0 Å². The van der Waals surface area contributed by atoms with Gasteiger partial charge in [-0.1, -0.05) is 19.3 Å². The quantitative estimate of drug-likeness (QED) is 0.550. The second-order valence-corrected chi connectivity index (χ2v) is 4.31. The Kier molecular flexibility index (Phi) is 5.73. The van der Waals surface area contributed by atoms with Crippen molar-refractivity contribution in [3.05, 3.63) is 0 Å². The summed E-state index contributed by atoms with van der Waals surface area (Å²) in [5, 5.41) is 11.3. The van der Waals surface area contributed by atoms with Gasteiger partial charge in [-0.2, -0.15) is 0 Å². The maximum atomic E-state index is 11.8. The Morgan fingerprint density at radius 1 is 1.31 bits per heavy atom. The molecule has 0 radical (unpaired) electrons. The first kappa shape index (κ1) is 13.4. The monoisotopic (exact) mass is 230 g/mol. The van der Waals surface area contributed by atoms with E-state index in [1.54, 1.807) is 0 Å². The van der Waals surface area contributed by atoms with Crippen molar-refractivity contribution in [3.8, 4) is 0 Å². The van der Waals surface area contributed by atoms with E-state index in [2.05, 4.69) is 5.32 Å². The van der Waals surface area contributed by atoms with Crippen LogP contribution in [0.3, 0.4) is 0 Å². The lowest BCUT2D eigenvalue weighted by molar-refractivity contribution is -0.127. The lowest BCUT2D eigenvalue weighted by Gasteiger charge is -2.31. The van der Waals surface area contributed by atoms with Crippen molar-refractivity contribution in [3.63, 3.8) is 0 Å². The van der Waals surface area contributed by atoms with Gasteiger partial charge >= 0.3 is 0 Å². The predicted octanol–water partition coefficient (Wildman–Crippen LogP) is -0.227. The molecule has 94 valence electrons. The molecule has 0 aromatic rings. The number of carbonyl (C=O) groups excluding carboxylic acids is 1. The van der Waals surface area contributed by atoms with E-state index in [0.29, 0.717) is 19.8 Å². The summed E-state index contributed by atoms with van der Waals surface area (Å²) in [6.45, 7) is 1.19. The van der Waals surface area contributed by atoms with Crippen LogP contribution in [0.2, 0.25) is 0 Å². The summed E-state index contributed by atoms with van der Waals surface area (Å²) in [4.78, 5) is 11.8. The molecule has 0 saturated heterocycles. The van der Waals surface area contributed by atoms with Crippen LogP contribution in [0, 0.1) is 0 Å². The largest absolute Gasteiger partial charge is 0.394 e. The Bertz CT molecular complexity index is 215. The SMILES string of the molecule is NC1(C(=O)NCCOCCO)CCCCC1. The van der Waals surface area contributed by atoms with Crippen LogP contribution in [0.1, 0.15) is 32.1 Å².